The van der Waals surface area contributed by atoms with Gasteiger partial charge in [-0.15, -0.1) is 24.0 Å². The van der Waals surface area contributed by atoms with Crippen LogP contribution in [0.2, 0.25) is 0 Å². The number of oxazole rings is 1. The van der Waals surface area contributed by atoms with Gasteiger partial charge in [-0.2, -0.15) is 0 Å². The summed E-state index contributed by atoms with van der Waals surface area (Å²) in [5.74, 6) is 1.76. The van der Waals surface area contributed by atoms with Gasteiger partial charge in [0, 0.05) is 18.2 Å². The number of carbonyl (C=O) groups is 1. The molecule has 2 aromatic rings. The van der Waals surface area contributed by atoms with Gasteiger partial charge in [0.2, 0.25) is 11.8 Å². The molecule has 3 N–H and O–H groups in total. The monoisotopic (exact) mass is 499 g/mol. The molecular weight excluding hydrogens is 469 g/mol. The van der Waals surface area contributed by atoms with Crippen molar-refractivity contribution in [3.8, 4) is 0 Å². The van der Waals surface area contributed by atoms with Gasteiger partial charge in [0.15, 0.2) is 5.96 Å². The summed E-state index contributed by atoms with van der Waals surface area (Å²) in [6, 6.07) is 7.82. The summed E-state index contributed by atoms with van der Waals surface area (Å²) >= 11 is 0. The SMILES string of the molecule is CCc1cccc(NC(=O)CNC(=NC)NCc2ncc(C(C)(C)C)o2)c1.I. The number of benzene rings is 1. The number of nitrogens with zero attached hydrogens (tertiary/aromatic N) is 2. The van der Waals surface area contributed by atoms with Crippen molar-refractivity contribution in [2.45, 2.75) is 46.1 Å². The van der Waals surface area contributed by atoms with E-state index in [1.54, 1.807) is 13.2 Å². The molecule has 1 heterocycles. The normalized spacial score (nSPS) is 11.5. The average molecular weight is 499 g/mol. The molecule has 8 heteroatoms. The largest absolute Gasteiger partial charge is 0.443 e. The molecule has 0 spiro atoms. The molecule has 0 unspecified atom stereocenters. The molecule has 0 saturated carbocycles. The quantitative estimate of drug-likeness (QED) is 0.322. The number of nitrogens with one attached hydrogen (secondary N) is 3. The van der Waals surface area contributed by atoms with Crippen molar-refractivity contribution >= 4 is 41.5 Å². The van der Waals surface area contributed by atoms with Crippen LogP contribution < -0.4 is 16.0 Å². The van der Waals surface area contributed by atoms with E-state index in [1.807, 2.05) is 24.3 Å². The zero-order chi connectivity index (χ0) is 19.9. The minimum absolute atomic E-state index is 0. The number of amides is 1. The van der Waals surface area contributed by atoms with Crippen LogP contribution >= 0.6 is 24.0 Å². The number of aromatic nitrogens is 1. The Kier molecular flexibility index (Phi) is 9.44. The van der Waals surface area contributed by atoms with Crippen LogP contribution in [0.5, 0.6) is 0 Å². The van der Waals surface area contributed by atoms with Crippen molar-refractivity contribution in [2.24, 2.45) is 4.99 Å². The van der Waals surface area contributed by atoms with Crippen molar-refractivity contribution in [1.29, 1.82) is 0 Å². The van der Waals surface area contributed by atoms with Crippen LogP contribution in [0, 0.1) is 0 Å². The molecule has 1 aromatic carbocycles. The van der Waals surface area contributed by atoms with E-state index in [0.29, 0.717) is 18.4 Å². The summed E-state index contributed by atoms with van der Waals surface area (Å²) in [7, 11) is 1.65. The van der Waals surface area contributed by atoms with Gasteiger partial charge >= 0.3 is 0 Å². The fourth-order valence-corrected chi connectivity index (χ4v) is 2.36. The van der Waals surface area contributed by atoms with E-state index in [2.05, 4.69) is 53.6 Å². The smallest absolute Gasteiger partial charge is 0.243 e. The fraction of sp³-hybridized carbons (Fsp3) is 0.450. The van der Waals surface area contributed by atoms with Crippen LogP contribution in [0.4, 0.5) is 5.69 Å². The van der Waals surface area contributed by atoms with Crippen LogP contribution in [0.3, 0.4) is 0 Å². The highest BCUT2D eigenvalue weighted by molar-refractivity contribution is 14.0. The van der Waals surface area contributed by atoms with Crippen LogP contribution in [0.25, 0.3) is 0 Å². The van der Waals surface area contributed by atoms with Crippen molar-refractivity contribution < 1.29 is 9.21 Å². The van der Waals surface area contributed by atoms with Crippen LogP contribution in [-0.2, 0) is 23.2 Å². The molecule has 0 bridgehead atoms. The second-order valence-electron chi connectivity index (χ2n) is 7.25. The predicted molar refractivity (Wildman–Crippen MR) is 123 cm³/mol. The van der Waals surface area contributed by atoms with Crippen molar-refractivity contribution in [1.82, 2.24) is 15.6 Å². The third-order valence-corrected chi connectivity index (χ3v) is 3.96. The number of halogens is 1. The maximum Gasteiger partial charge on any atom is 0.243 e. The van der Waals surface area contributed by atoms with E-state index in [4.69, 9.17) is 4.42 Å². The summed E-state index contributed by atoms with van der Waals surface area (Å²) < 4.78 is 5.73. The number of aliphatic imine (C=N–C) groups is 1. The molecule has 0 aliphatic carbocycles. The van der Waals surface area contributed by atoms with Crippen molar-refractivity contribution in [3.05, 3.63) is 47.7 Å². The summed E-state index contributed by atoms with van der Waals surface area (Å²) in [6.07, 6.45) is 2.67. The molecule has 0 fully saturated rings. The van der Waals surface area contributed by atoms with E-state index in [0.717, 1.165) is 17.9 Å². The van der Waals surface area contributed by atoms with E-state index >= 15 is 0 Å². The van der Waals surface area contributed by atoms with Gasteiger partial charge in [-0.25, -0.2) is 4.98 Å². The average Bonchev–Trinajstić information content (AvgIpc) is 3.11. The van der Waals surface area contributed by atoms with Crippen molar-refractivity contribution in [2.75, 3.05) is 18.9 Å². The van der Waals surface area contributed by atoms with Gasteiger partial charge in [0.05, 0.1) is 19.3 Å². The molecule has 0 radical (unpaired) electrons. The Labute approximate surface area is 183 Å². The van der Waals surface area contributed by atoms with Gasteiger partial charge in [-0.05, 0) is 24.1 Å². The number of aryl methyl sites for hydroxylation is 1. The lowest BCUT2D eigenvalue weighted by molar-refractivity contribution is -0.115. The van der Waals surface area contributed by atoms with E-state index in [-0.39, 0.29) is 41.8 Å². The molecule has 1 amide bonds. The van der Waals surface area contributed by atoms with Crippen LogP contribution in [0.15, 0.2) is 39.9 Å². The van der Waals surface area contributed by atoms with Gasteiger partial charge < -0.3 is 20.4 Å². The molecule has 28 heavy (non-hydrogen) atoms. The van der Waals surface area contributed by atoms with Gasteiger partial charge in [0.1, 0.15) is 5.76 Å². The maximum absolute atomic E-state index is 12.1. The first-order chi connectivity index (χ1) is 12.8. The Balaban J connectivity index is 0.00000392. The first-order valence-electron chi connectivity index (χ1n) is 9.10. The highest BCUT2D eigenvalue weighted by Crippen LogP contribution is 2.22. The molecule has 0 atom stereocenters. The minimum Gasteiger partial charge on any atom is -0.443 e. The third-order valence-electron chi connectivity index (χ3n) is 3.96. The maximum atomic E-state index is 12.1. The number of rotatable bonds is 6. The standard InChI is InChI=1S/C20H29N5O2.HI/c1-6-14-8-7-9-15(10-14)25-17(26)12-23-19(21-5)24-13-18-22-11-16(27-18)20(2,3)4;/h7-11H,6,12-13H2,1-5H3,(H,25,26)(H2,21,23,24);1H. The lowest BCUT2D eigenvalue weighted by Crippen LogP contribution is -2.41. The molecule has 7 nitrogen and oxygen atoms in total. The Morgan fingerprint density at radius 1 is 1.25 bits per heavy atom. The number of anilines is 1. The minimum atomic E-state index is -0.141. The Hall–Kier alpha value is -2.10. The Morgan fingerprint density at radius 2 is 2.00 bits per heavy atom. The third kappa shape index (κ3) is 7.49. The van der Waals surface area contributed by atoms with E-state index in [9.17, 15) is 4.79 Å². The fourth-order valence-electron chi connectivity index (χ4n) is 2.36. The predicted octanol–water partition coefficient (Wildman–Crippen LogP) is 3.46. The van der Waals surface area contributed by atoms with Crippen LogP contribution in [0.1, 0.15) is 44.9 Å². The van der Waals surface area contributed by atoms with E-state index < -0.39 is 0 Å². The Morgan fingerprint density at radius 3 is 2.61 bits per heavy atom. The van der Waals surface area contributed by atoms with Gasteiger partial charge in [-0.3, -0.25) is 9.79 Å². The lowest BCUT2D eigenvalue weighted by Gasteiger charge is -2.13. The zero-order valence-corrected chi connectivity index (χ0v) is 19.5. The number of guanidine groups is 1. The van der Waals surface area contributed by atoms with Crippen molar-refractivity contribution in [3.63, 3.8) is 0 Å². The highest BCUT2D eigenvalue weighted by Gasteiger charge is 2.19. The molecular formula is C20H30IN5O2. The Bertz CT molecular complexity index is 796. The second kappa shape index (κ2) is 11.0. The zero-order valence-electron chi connectivity index (χ0n) is 17.1. The molecule has 1 aromatic heterocycles. The lowest BCUT2D eigenvalue weighted by atomic mass is 9.94. The molecule has 154 valence electrons. The topological polar surface area (TPSA) is 91.5 Å². The number of hydrogen-bond donors (Lipinski definition) is 3. The van der Waals surface area contributed by atoms with E-state index in [1.165, 1.54) is 5.56 Å². The van der Waals surface area contributed by atoms with Crippen LogP contribution in [-0.4, -0.2) is 30.4 Å². The highest BCUT2D eigenvalue weighted by atomic mass is 127. The molecule has 0 aliphatic heterocycles. The summed E-state index contributed by atoms with van der Waals surface area (Å²) in [4.78, 5) is 20.5. The molecule has 0 saturated heterocycles. The number of hydrogen-bond acceptors (Lipinski definition) is 4. The first kappa shape index (κ1) is 23.9. The molecule has 2 rings (SSSR count). The summed E-state index contributed by atoms with van der Waals surface area (Å²) in [5.41, 5.74) is 1.88. The van der Waals surface area contributed by atoms with Gasteiger partial charge in [0.25, 0.3) is 0 Å². The summed E-state index contributed by atoms with van der Waals surface area (Å²) in [5, 5.41) is 8.95. The first-order valence-corrected chi connectivity index (χ1v) is 9.10. The second-order valence-corrected chi connectivity index (χ2v) is 7.25. The molecule has 0 aliphatic rings. The number of carbonyl (C=O) groups excluding carboxylic acids is 1. The van der Waals surface area contributed by atoms with Gasteiger partial charge in [-0.1, -0.05) is 39.8 Å². The summed E-state index contributed by atoms with van der Waals surface area (Å²) in [6.45, 7) is 8.78.